The summed E-state index contributed by atoms with van der Waals surface area (Å²) in [6.07, 6.45) is 0. The first kappa shape index (κ1) is 57.4. The highest BCUT2D eigenvalue weighted by molar-refractivity contribution is 7.01. The predicted molar refractivity (Wildman–Crippen MR) is 434 cm³/mol. The Morgan fingerprint density at radius 3 is 0.816 bits per heavy atom. The normalized spacial score (nSPS) is 12.6. The molecule has 19 aromatic carbocycles. The molecule has 20 aromatic rings. The molecule has 103 heavy (non-hydrogen) atoms. The molecule has 474 valence electrons. The number of aromatic nitrogens is 3. The Hall–Kier alpha value is -13.5. The second-order valence-corrected chi connectivity index (χ2v) is 27.7. The molecule has 3 heterocycles. The highest BCUT2D eigenvalue weighted by Gasteiger charge is 2.46. The Balaban J connectivity index is 0.897. The summed E-state index contributed by atoms with van der Waals surface area (Å²) in [6, 6.07) is 130. The highest BCUT2D eigenvalue weighted by atomic mass is 15.2. The second kappa shape index (κ2) is 22.5. The minimum absolute atomic E-state index is 0.274. The smallest absolute Gasteiger partial charge is 0.252 e. The average Bonchev–Trinajstić information content (AvgIpc) is 0.673. The molecule has 2 aliphatic heterocycles. The SMILES string of the molecule is c1ccc(-c2cc(-c3ccccc3)cc(-c3nc(-c4cc(-c5ccccc5)cc(-c5ccccc5)c4)nc(-c4cc5c6c(c4)N(c4ccccc4)c4c(cc7c8cccc9cccc(c%10cccc4c%107)c98)B6c4cc6c7cccc8cccc(c9cccc(c4N5c4ccccc4)c96)c87)n3)c2)cc1. The molecule has 5 nitrogen and oxygen atoms in total. The van der Waals surface area contributed by atoms with Crippen molar-refractivity contribution >= 4 is 143 Å². The molecule has 0 atom stereocenters. The molecular formula is C97H58BN5. The number of nitrogens with zero attached hydrogens (tertiary/aromatic N) is 5. The molecule has 0 N–H and O–H groups in total. The Morgan fingerprint density at radius 1 is 0.204 bits per heavy atom. The Kier molecular flexibility index (Phi) is 12.5. The lowest BCUT2D eigenvalue weighted by Gasteiger charge is -2.45. The van der Waals surface area contributed by atoms with Crippen LogP contribution >= 0.6 is 0 Å². The van der Waals surface area contributed by atoms with Crippen LogP contribution < -0.4 is 26.2 Å². The van der Waals surface area contributed by atoms with Gasteiger partial charge in [-0.1, -0.05) is 279 Å². The van der Waals surface area contributed by atoms with Gasteiger partial charge in [0.05, 0.1) is 0 Å². The summed E-state index contributed by atoms with van der Waals surface area (Å²) in [5, 5.41) is 20.0. The quantitative estimate of drug-likeness (QED) is 0.0819. The first-order valence-corrected chi connectivity index (χ1v) is 35.5. The molecule has 0 aliphatic carbocycles. The van der Waals surface area contributed by atoms with Crippen LogP contribution in [0.5, 0.6) is 0 Å². The highest BCUT2D eigenvalue weighted by Crippen LogP contribution is 2.53. The van der Waals surface area contributed by atoms with Crippen molar-refractivity contribution in [3.8, 4) is 78.7 Å². The van der Waals surface area contributed by atoms with Gasteiger partial charge in [-0.05, 0) is 209 Å². The molecule has 0 amide bonds. The van der Waals surface area contributed by atoms with E-state index in [1.54, 1.807) is 0 Å². The van der Waals surface area contributed by atoms with Crippen molar-refractivity contribution in [1.82, 2.24) is 15.0 Å². The van der Waals surface area contributed by atoms with Gasteiger partial charge in [0.2, 0.25) is 0 Å². The van der Waals surface area contributed by atoms with Gasteiger partial charge in [0.25, 0.3) is 6.71 Å². The fraction of sp³-hybridized carbons (Fsp3) is 0. The Bertz CT molecular complexity index is 6320. The molecule has 0 spiro atoms. The molecule has 0 unspecified atom stereocenters. The van der Waals surface area contributed by atoms with Crippen molar-refractivity contribution in [3.05, 3.63) is 352 Å². The van der Waals surface area contributed by atoms with E-state index in [0.29, 0.717) is 17.5 Å². The number of hydrogen-bond acceptors (Lipinski definition) is 5. The number of benzene rings is 19. The van der Waals surface area contributed by atoms with E-state index in [1.165, 1.54) is 103 Å². The van der Waals surface area contributed by atoms with E-state index in [2.05, 4.69) is 362 Å². The van der Waals surface area contributed by atoms with Gasteiger partial charge in [-0.3, -0.25) is 0 Å². The number of para-hydroxylation sites is 2. The molecular weight excluding hydrogens is 1250 g/mol. The molecule has 0 saturated heterocycles. The lowest BCUT2D eigenvalue weighted by atomic mass is 9.33. The van der Waals surface area contributed by atoms with Crippen LogP contribution in [0.15, 0.2) is 352 Å². The monoisotopic (exact) mass is 1300 g/mol. The van der Waals surface area contributed by atoms with Gasteiger partial charge < -0.3 is 9.80 Å². The lowest BCUT2D eigenvalue weighted by molar-refractivity contribution is 1.07. The Labute approximate surface area is 594 Å². The fourth-order valence-corrected chi connectivity index (χ4v) is 17.7. The maximum Gasteiger partial charge on any atom is 0.252 e. The molecule has 6 heteroatoms. The summed E-state index contributed by atoms with van der Waals surface area (Å²) in [5.41, 5.74) is 21.5. The van der Waals surface area contributed by atoms with E-state index >= 15 is 0 Å². The van der Waals surface area contributed by atoms with Crippen molar-refractivity contribution in [2.45, 2.75) is 0 Å². The predicted octanol–water partition coefficient (Wildman–Crippen LogP) is 23.7. The summed E-state index contributed by atoms with van der Waals surface area (Å²) < 4.78 is 0. The number of fused-ring (bicyclic) bond motifs is 10. The minimum Gasteiger partial charge on any atom is -0.311 e. The maximum atomic E-state index is 5.88. The topological polar surface area (TPSA) is 45.2 Å². The summed E-state index contributed by atoms with van der Waals surface area (Å²) in [4.78, 5) is 22.6. The van der Waals surface area contributed by atoms with Gasteiger partial charge in [0.15, 0.2) is 17.5 Å². The molecule has 2 aliphatic rings. The number of hydrogen-bond donors (Lipinski definition) is 0. The van der Waals surface area contributed by atoms with E-state index in [1.807, 2.05) is 0 Å². The first-order chi connectivity index (χ1) is 51.1. The van der Waals surface area contributed by atoms with Crippen LogP contribution in [-0.4, -0.2) is 21.7 Å². The Morgan fingerprint density at radius 2 is 0.476 bits per heavy atom. The van der Waals surface area contributed by atoms with Crippen LogP contribution in [0.4, 0.5) is 34.1 Å². The molecule has 0 bridgehead atoms. The number of rotatable bonds is 9. The van der Waals surface area contributed by atoms with Crippen molar-refractivity contribution < 1.29 is 0 Å². The van der Waals surface area contributed by atoms with Crippen molar-refractivity contribution in [2.75, 3.05) is 9.80 Å². The second-order valence-electron chi connectivity index (χ2n) is 27.7. The van der Waals surface area contributed by atoms with E-state index < -0.39 is 0 Å². The summed E-state index contributed by atoms with van der Waals surface area (Å²) in [6.45, 7) is -0.274. The average molecular weight is 1300 g/mol. The van der Waals surface area contributed by atoms with Gasteiger partial charge in [0.1, 0.15) is 0 Å². The van der Waals surface area contributed by atoms with Crippen LogP contribution in [-0.2, 0) is 0 Å². The number of anilines is 6. The molecule has 22 rings (SSSR count). The van der Waals surface area contributed by atoms with E-state index in [-0.39, 0.29) is 6.71 Å². The van der Waals surface area contributed by atoms with Crippen LogP contribution in [0.1, 0.15) is 0 Å². The first-order valence-electron chi connectivity index (χ1n) is 35.5. The van der Waals surface area contributed by atoms with Crippen LogP contribution in [0.2, 0.25) is 0 Å². The van der Waals surface area contributed by atoms with E-state index in [4.69, 9.17) is 15.0 Å². The van der Waals surface area contributed by atoms with Gasteiger partial charge in [-0.2, -0.15) is 0 Å². The van der Waals surface area contributed by atoms with Gasteiger partial charge >= 0.3 is 0 Å². The van der Waals surface area contributed by atoms with Crippen LogP contribution in [0.3, 0.4) is 0 Å². The molecule has 0 radical (unpaired) electrons. The maximum absolute atomic E-state index is 5.88. The van der Waals surface area contributed by atoms with Gasteiger partial charge in [-0.25, -0.2) is 15.0 Å². The third-order valence-corrected chi connectivity index (χ3v) is 22.0. The van der Waals surface area contributed by atoms with Gasteiger partial charge in [0, 0.05) is 61.6 Å². The summed E-state index contributed by atoms with van der Waals surface area (Å²) >= 11 is 0. The van der Waals surface area contributed by atoms with Crippen molar-refractivity contribution in [1.29, 1.82) is 0 Å². The zero-order valence-corrected chi connectivity index (χ0v) is 55.8. The van der Waals surface area contributed by atoms with Crippen LogP contribution in [0.25, 0.3) is 165 Å². The molecule has 1 aromatic heterocycles. The largest absolute Gasteiger partial charge is 0.311 e. The minimum atomic E-state index is -0.274. The lowest BCUT2D eigenvalue weighted by Crippen LogP contribution is -2.61. The molecule has 0 saturated carbocycles. The van der Waals surface area contributed by atoms with Crippen LogP contribution in [0, 0.1) is 0 Å². The standard InChI is InChI=1S/C97H58BN5/c1-7-25-59(26-8-1)65-49-66(60-27-9-2-10-28-60)52-69(51-65)95-99-96(70-53-67(61-29-11-3-12-30-61)50-68(54-70)62-31-13-4-14-32-62)101-97(100-95)71-55-86-92-87(56-71)103(73-39-17-6-18-40-73)94-81-48-24-46-77-75-42-20-34-64-36-22-44-79(89(64)75)83(91(77)81)58-85(94)98(92)84-57-82-78-43-21-35-63-33-19-41-74(88(63)78)76-45-23-47-80(90(76)82)93(84)102(86)72-37-15-5-16-38-72/h1-58H. The summed E-state index contributed by atoms with van der Waals surface area (Å²) in [7, 11) is 0. The third-order valence-electron chi connectivity index (χ3n) is 22.0. The summed E-state index contributed by atoms with van der Waals surface area (Å²) in [5.74, 6) is 1.68. The van der Waals surface area contributed by atoms with E-state index in [9.17, 15) is 0 Å². The third kappa shape index (κ3) is 8.78. The zero-order valence-electron chi connectivity index (χ0n) is 55.8. The molecule has 0 fully saturated rings. The zero-order chi connectivity index (χ0) is 67.4. The fourth-order valence-electron chi connectivity index (χ4n) is 17.7. The van der Waals surface area contributed by atoms with E-state index in [0.717, 1.165) is 95.3 Å². The van der Waals surface area contributed by atoms with Crippen molar-refractivity contribution in [3.63, 3.8) is 0 Å². The van der Waals surface area contributed by atoms with Crippen molar-refractivity contribution in [2.24, 2.45) is 0 Å². The van der Waals surface area contributed by atoms with Gasteiger partial charge in [-0.15, -0.1) is 0 Å².